The van der Waals surface area contributed by atoms with Gasteiger partial charge in [-0.25, -0.2) is 26.7 Å². The SMILES string of the molecule is Cc1cc2oc(=O)cc(CSc3c(F)c(F)c(F)c(F)c3F)c2cc1C. The Morgan fingerprint density at radius 1 is 0.846 bits per heavy atom. The molecule has 136 valence electrons. The van der Waals surface area contributed by atoms with Gasteiger partial charge >= 0.3 is 5.63 Å². The molecule has 0 fully saturated rings. The van der Waals surface area contributed by atoms with Gasteiger partial charge in [0.15, 0.2) is 23.3 Å². The van der Waals surface area contributed by atoms with Crippen LogP contribution >= 0.6 is 11.8 Å². The lowest BCUT2D eigenvalue weighted by atomic mass is 10.0. The Morgan fingerprint density at radius 3 is 2.00 bits per heavy atom. The van der Waals surface area contributed by atoms with Gasteiger partial charge in [0.2, 0.25) is 5.82 Å². The molecule has 0 aliphatic heterocycles. The smallest absolute Gasteiger partial charge is 0.336 e. The maximum atomic E-state index is 13.8. The standard InChI is InChI=1S/C18H11F5O2S/c1-7-3-10-9(5-12(24)25-11(10)4-8(7)2)6-26-18-16(22)14(20)13(19)15(21)17(18)23/h3-5H,6H2,1-2H3. The lowest BCUT2D eigenvalue weighted by molar-refractivity contribution is 0.361. The molecule has 0 aliphatic carbocycles. The molecule has 0 aliphatic rings. The van der Waals surface area contributed by atoms with Crippen molar-refractivity contribution in [2.24, 2.45) is 0 Å². The summed E-state index contributed by atoms with van der Waals surface area (Å²) in [4.78, 5) is 10.7. The normalized spacial score (nSPS) is 11.3. The Kier molecular flexibility index (Phi) is 4.79. The largest absolute Gasteiger partial charge is 0.423 e. The molecule has 2 nitrogen and oxygen atoms in total. The van der Waals surface area contributed by atoms with Gasteiger partial charge in [-0.2, -0.15) is 0 Å². The fraction of sp³-hybridized carbons (Fsp3) is 0.167. The number of benzene rings is 2. The number of hydrogen-bond donors (Lipinski definition) is 0. The maximum Gasteiger partial charge on any atom is 0.336 e. The van der Waals surface area contributed by atoms with Crippen molar-refractivity contribution in [1.82, 2.24) is 0 Å². The molecule has 2 aromatic carbocycles. The number of thioether (sulfide) groups is 1. The molecule has 8 heteroatoms. The predicted octanol–water partition coefficient (Wildman–Crippen LogP) is 5.40. The molecule has 26 heavy (non-hydrogen) atoms. The van der Waals surface area contributed by atoms with E-state index in [1.165, 1.54) is 0 Å². The van der Waals surface area contributed by atoms with E-state index >= 15 is 0 Å². The third kappa shape index (κ3) is 3.09. The summed E-state index contributed by atoms with van der Waals surface area (Å²) in [5, 5.41) is 0.532. The Balaban J connectivity index is 2.07. The Hall–Kier alpha value is -2.35. The molecular formula is C18H11F5O2S. The van der Waals surface area contributed by atoms with Gasteiger partial charge in [-0.05, 0) is 42.7 Å². The highest BCUT2D eigenvalue weighted by molar-refractivity contribution is 7.98. The second-order valence-electron chi connectivity index (χ2n) is 5.71. The zero-order valence-electron chi connectivity index (χ0n) is 13.6. The first-order chi connectivity index (χ1) is 12.2. The summed E-state index contributed by atoms with van der Waals surface area (Å²) in [6.07, 6.45) is 0. The lowest BCUT2D eigenvalue weighted by Crippen LogP contribution is -2.04. The second-order valence-corrected chi connectivity index (χ2v) is 6.70. The van der Waals surface area contributed by atoms with Crippen LogP contribution in [-0.4, -0.2) is 0 Å². The molecule has 1 heterocycles. The average Bonchev–Trinajstić information content (AvgIpc) is 2.59. The van der Waals surface area contributed by atoms with E-state index in [4.69, 9.17) is 4.42 Å². The van der Waals surface area contributed by atoms with E-state index in [-0.39, 0.29) is 11.3 Å². The molecule has 0 N–H and O–H groups in total. The summed E-state index contributed by atoms with van der Waals surface area (Å²) in [6, 6.07) is 4.52. The number of rotatable bonds is 3. The Labute approximate surface area is 148 Å². The highest BCUT2D eigenvalue weighted by Gasteiger charge is 2.26. The summed E-state index contributed by atoms with van der Waals surface area (Å²) in [6.45, 7) is 3.66. The van der Waals surface area contributed by atoms with Crippen LogP contribution in [-0.2, 0) is 5.75 Å². The fourth-order valence-corrected chi connectivity index (χ4v) is 3.44. The van der Waals surface area contributed by atoms with Crippen LogP contribution in [0.25, 0.3) is 11.0 Å². The van der Waals surface area contributed by atoms with E-state index < -0.39 is 39.6 Å². The molecular weight excluding hydrogens is 375 g/mol. The fourth-order valence-electron chi connectivity index (χ4n) is 2.46. The van der Waals surface area contributed by atoms with Gasteiger partial charge in [-0.1, -0.05) is 0 Å². The minimum atomic E-state index is -2.21. The molecule has 1 aromatic heterocycles. The Bertz CT molecular complexity index is 1060. The first-order valence-corrected chi connectivity index (χ1v) is 8.37. The minimum absolute atomic E-state index is 0.178. The van der Waals surface area contributed by atoms with Crippen LogP contribution in [0.4, 0.5) is 22.0 Å². The van der Waals surface area contributed by atoms with Crippen molar-refractivity contribution in [2.45, 2.75) is 24.5 Å². The third-order valence-corrected chi connectivity index (χ3v) is 5.09. The zero-order valence-corrected chi connectivity index (χ0v) is 14.4. The van der Waals surface area contributed by atoms with Gasteiger partial charge in [-0.3, -0.25) is 0 Å². The molecule has 0 saturated heterocycles. The van der Waals surface area contributed by atoms with E-state index in [9.17, 15) is 26.7 Å². The summed E-state index contributed by atoms with van der Waals surface area (Å²) in [5.41, 5.74) is 1.76. The van der Waals surface area contributed by atoms with E-state index in [0.29, 0.717) is 22.7 Å². The first-order valence-electron chi connectivity index (χ1n) is 7.39. The predicted molar refractivity (Wildman–Crippen MR) is 87.8 cm³/mol. The monoisotopic (exact) mass is 386 g/mol. The minimum Gasteiger partial charge on any atom is -0.423 e. The van der Waals surface area contributed by atoms with E-state index in [0.717, 1.165) is 17.2 Å². The third-order valence-electron chi connectivity index (χ3n) is 3.99. The molecule has 3 aromatic rings. The molecule has 0 atom stereocenters. The van der Waals surface area contributed by atoms with E-state index in [2.05, 4.69) is 0 Å². The van der Waals surface area contributed by atoms with Crippen molar-refractivity contribution in [1.29, 1.82) is 0 Å². The van der Waals surface area contributed by atoms with Gasteiger partial charge in [0, 0.05) is 17.2 Å². The highest BCUT2D eigenvalue weighted by atomic mass is 32.2. The number of hydrogen-bond acceptors (Lipinski definition) is 3. The van der Waals surface area contributed by atoms with Gasteiger partial charge in [-0.15, -0.1) is 11.8 Å². The summed E-state index contributed by atoms with van der Waals surface area (Å²) < 4.78 is 72.4. The van der Waals surface area contributed by atoms with E-state index in [1.54, 1.807) is 12.1 Å². The Morgan fingerprint density at radius 2 is 1.38 bits per heavy atom. The molecule has 0 unspecified atom stereocenters. The van der Waals surface area contributed by atoms with Crippen LogP contribution in [0.1, 0.15) is 16.7 Å². The number of aryl methyl sites for hydroxylation is 2. The van der Waals surface area contributed by atoms with Crippen molar-refractivity contribution in [2.75, 3.05) is 0 Å². The van der Waals surface area contributed by atoms with Crippen LogP contribution in [0.5, 0.6) is 0 Å². The van der Waals surface area contributed by atoms with Crippen molar-refractivity contribution < 1.29 is 26.4 Å². The molecule has 3 rings (SSSR count). The van der Waals surface area contributed by atoms with Crippen LogP contribution in [0.3, 0.4) is 0 Å². The van der Waals surface area contributed by atoms with Crippen molar-refractivity contribution >= 4 is 22.7 Å². The average molecular weight is 386 g/mol. The van der Waals surface area contributed by atoms with Crippen LogP contribution < -0.4 is 5.63 Å². The van der Waals surface area contributed by atoms with Gasteiger partial charge in [0.1, 0.15) is 5.58 Å². The molecule has 0 spiro atoms. The second kappa shape index (κ2) is 6.75. The summed E-state index contributed by atoms with van der Waals surface area (Å²) in [7, 11) is 0. The number of halogens is 5. The van der Waals surface area contributed by atoms with E-state index in [1.807, 2.05) is 13.8 Å². The molecule has 0 bridgehead atoms. The molecule has 0 amide bonds. The first kappa shape index (κ1) is 18.4. The summed E-state index contributed by atoms with van der Waals surface area (Å²) in [5.74, 6) is -10.2. The molecule has 0 radical (unpaired) electrons. The van der Waals surface area contributed by atoms with Crippen LogP contribution in [0.2, 0.25) is 0 Å². The van der Waals surface area contributed by atoms with Crippen molar-refractivity contribution in [3.8, 4) is 0 Å². The lowest BCUT2D eigenvalue weighted by Gasteiger charge is -2.10. The van der Waals surface area contributed by atoms with Gasteiger partial charge < -0.3 is 4.42 Å². The maximum absolute atomic E-state index is 13.8. The topological polar surface area (TPSA) is 30.2 Å². The van der Waals surface area contributed by atoms with Crippen LogP contribution in [0, 0.1) is 42.9 Å². The zero-order chi connectivity index (χ0) is 19.2. The highest BCUT2D eigenvalue weighted by Crippen LogP contribution is 2.34. The van der Waals surface area contributed by atoms with Crippen LogP contribution in [0.15, 0.2) is 32.3 Å². The molecule has 0 saturated carbocycles. The van der Waals surface area contributed by atoms with Crippen molar-refractivity contribution in [3.63, 3.8) is 0 Å². The summed E-state index contributed by atoms with van der Waals surface area (Å²) >= 11 is 0.420. The quantitative estimate of drug-likeness (QED) is 0.199. The number of fused-ring (bicyclic) bond motifs is 1. The van der Waals surface area contributed by atoms with Gasteiger partial charge in [0.25, 0.3) is 0 Å². The van der Waals surface area contributed by atoms with Crippen molar-refractivity contribution in [3.05, 3.63) is 74.4 Å². The van der Waals surface area contributed by atoms with Gasteiger partial charge in [0.05, 0.1) is 4.90 Å².